The summed E-state index contributed by atoms with van der Waals surface area (Å²) in [5.74, 6) is -0.436. The number of aryl methyl sites for hydroxylation is 2. The number of carbonyl (C=O) groups is 1. The van der Waals surface area contributed by atoms with Crippen LogP contribution in [0.3, 0.4) is 0 Å². The Labute approximate surface area is 171 Å². The van der Waals surface area contributed by atoms with Crippen LogP contribution in [-0.2, 0) is 21.2 Å². The van der Waals surface area contributed by atoms with E-state index in [4.69, 9.17) is 14.0 Å². The summed E-state index contributed by atoms with van der Waals surface area (Å²) in [7, 11) is -3.82. The summed E-state index contributed by atoms with van der Waals surface area (Å²) in [6.07, 6.45) is 1.44. The van der Waals surface area contributed by atoms with Crippen LogP contribution < -0.4 is 16.1 Å². The van der Waals surface area contributed by atoms with Gasteiger partial charge in [-0.25, -0.2) is 18.4 Å². The van der Waals surface area contributed by atoms with Crippen molar-refractivity contribution in [2.45, 2.75) is 25.2 Å². The van der Waals surface area contributed by atoms with Gasteiger partial charge in [-0.1, -0.05) is 0 Å². The van der Waals surface area contributed by atoms with Crippen LogP contribution in [0, 0.1) is 13.8 Å². The van der Waals surface area contributed by atoms with Crippen molar-refractivity contribution < 1.29 is 22.0 Å². The second-order valence-electron chi connectivity index (χ2n) is 7.05. The van der Waals surface area contributed by atoms with Crippen molar-refractivity contribution in [1.82, 2.24) is 0 Å². The lowest BCUT2D eigenvalue weighted by molar-refractivity contribution is -0.115. The molecule has 0 aliphatic heterocycles. The summed E-state index contributed by atoms with van der Waals surface area (Å²) in [4.78, 5) is 24.9. The number of nitrogens with two attached hydrogens (primary N) is 1. The first-order valence-corrected chi connectivity index (χ1v) is 10.5. The van der Waals surface area contributed by atoms with Gasteiger partial charge in [-0.05, 0) is 55.3 Å². The minimum Gasteiger partial charge on any atom is -0.464 e. The van der Waals surface area contributed by atoms with Gasteiger partial charge in [-0.2, -0.15) is 0 Å². The van der Waals surface area contributed by atoms with Gasteiger partial charge >= 0.3 is 5.63 Å². The van der Waals surface area contributed by atoms with Crippen molar-refractivity contribution >= 4 is 43.6 Å². The SMILES string of the molecule is Cc1coc2cc3oc(=O)c(CC(=O)Nc4ccc(S(N)(=O)=O)cc4)c(C)c3cc12. The highest BCUT2D eigenvalue weighted by atomic mass is 32.2. The van der Waals surface area contributed by atoms with Crippen molar-refractivity contribution in [2.24, 2.45) is 5.14 Å². The van der Waals surface area contributed by atoms with Gasteiger partial charge in [0.2, 0.25) is 15.9 Å². The molecule has 0 bridgehead atoms. The number of hydrogen-bond donors (Lipinski definition) is 2. The molecule has 154 valence electrons. The lowest BCUT2D eigenvalue weighted by Crippen LogP contribution is -2.20. The molecular weight excluding hydrogens is 408 g/mol. The quantitative estimate of drug-likeness (QED) is 0.482. The predicted octanol–water partition coefficient (Wildman–Crippen LogP) is 2.98. The zero-order valence-corrected chi connectivity index (χ0v) is 17.0. The van der Waals surface area contributed by atoms with E-state index in [1.54, 1.807) is 19.3 Å². The maximum Gasteiger partial charge on any atom is 0.340 e. The second kappa shape index (κ2) is 7.12. The number of fused-ring (bicyclic) bond motifs is 2. The molecule has 0 radical (unpaired) electrons. The molecule has 0 saturated heterocycles. The molecule has 0 saturated carbocycles. The third-order valence-corrected chi connectivity index (χ3v) is 5.91. The Morgan fingerprint density at radius 1 is 1.07 bits per heavy atom. The first-order valence-electron chi connectivity index (χ1n) is 9.00. The van der Waals surface area contributed by atoms with Crippen LogP contribution in [0.5, 0.6) is 0 Å². The molecule has 30 heavy (non-hydrogen) atoms. The summed E-state index contributed by atoms with van der Waals surface area (Å²) >= 11 is 0. The largest absolute Gasteiger partial charge is 0.464 e. The fourth-order valence-electron chi connectivity index (χ4n) is 3.34. The molecule has 0 aliphatic rings. The number of furan rings is 1. The Balaban J connectivity index is 1.64. The smallest absolute Gasteiger partial charge is 0.340 e. The van der Waals surface area contributed by atoms with Gasteiger partial charge in [-0.15, -0.1) is 0 Å². The molecule has 0 aliphatic carbocycles. The molecule has 0 spiro atoms. The van der Waals surface area contributed by atoms with Crippen LogP contribution in [0.1, 0.15) is 16.7 Å². The Morgan fingerprint density at radius 3 is 2.43 bits per heavy atom. The Bertz CT molecular complexity index is 1460. The Morgan fingerprint density at radius 2 is 1.77 bits per heavy atom. The van der Waals surface area contributed by atoms with E-state index in [1.807, 2.05) is 13.0 Å². The average Bonchev–Trinajstić information content (AvgIpc) is 3.03. The number of amides is 1. The summed E-state index contributed by atoms with van der Waals surface area (Å²) in [5, 5.41) is 9.33. The highest BCUT2D eigenvalue weighted by Crippen LogP contribution is 2.29. The van der Waals surface area contributed by atoms with Gasteiger partial charge in [0.05, 0.1) is 23.1 Å². The Kier molecular flexibility index (Phi) is 4.71. The highest BCUT2D eigenvalue weighted by Gasteiger charge is 2.17. The summed E-state index contributed by atoms with van der Waals surface area (Å²) < 4.78 is 33.5. The zero-order valence-electron chi connectivity index (χ0n) is 16.2. The second-order valence-corrected chi connectivity index (χ2v) is 8.61. The van der Waals surface area contributed by atoms with Crippen LogP contribution in [0.2, 0.25) is 0 Å². The van der Waals surface area contributed by atoms with Gasteiger partial charge in [0.25, 0.3) is 0 Å². The standard InChI is InChI=1S/C21H18N2O6S/c1-11-10-28-18-9-19-16(7-15(11)18)12(2)17(21(25)29-19)8-20(24)23-13-3-5-14(6-4-13)30(22,26)27/h3-7,9-10H,8H2,1-2H3,(H,23,24)(H2,22,26,27). The maximum absolute atomic E-state index is 12.5. The number of carbonyl (C=O) groups excluding carboxylic acids is 1. The lowest BCUT2D eigenvalue weighted by Gasteiger charge is -2.09. The predicted molar refractivity (Wildman–Crippen MR) is 112 cm³/mol. The minimum absolute atomic E-state index is 0.0626. The monoisotopic (exact) mass is 426 g/mol. The van der Waals surface area contributed by atoms with Gasteiger partial charge in [0.1, 0.15) is 11.2 Å². The van der Waals surface area contributed by atoms with Crippen molar-refractivity contribution in [1.29, 1.82) is 0 Å². The molecule has 2 aromatic heterocycles. The topological polar surface area (TPSA) is 133 Å². The summed E-state index contributed by atoms with van der Waals surface area (Å²) in [5.41, 5.74) is 2.66. The van der Waals surface area contributed by atoms with Crippen LogP contribution in [0.25, 0.3) is 21.9 Å². The third kappa shape index (κ3) is 3.60. The van der Waals surface area contributed by atoms with Crippen LogP contribution >= 0.6 is 0 Å². The first-order chi connectivity index (χ1) is 14.1. The van der Waals surface area contributed by atoms with E-state index in [-0.39, 0.29) is 16.9 Å². The molecule has 4 rings (SSSR count). The number of benzene rings is 2. The molecule has 0 unspecified atom stereocenters. The fourth-order valence-corrected chi connectivity index (χ4v) is 3.85. The Hall–Kier alpha value is -3.43. The van der Waals surface area contributed by atoms with Gasteiger partial charge in [-0.3, -0.25) is 4.79 Å². The molecule has 0 atom stereocenters. The molecule has 4 aromatic rings. The van der Waals surface area contributed by atoms with Crippen molar-refractivity contribution in [3.63, 3.8) is 0 Å². The van der Waals surface area contributed by atoms with Crippen molar-refractivity contribution in [2.75, 3.05) is 5.32 Å². The molecule has 2 aromatic carbocycles. The average molecular weight is 426 g/mol. The van der Waals surface area contributed by atoms with Crippen LogP contribution in [0.15, 0.2) is 61.2 Å². The van der Waals surface area contributed by atoms with Crippen molar-refractivity contribution in [3.8, 4) is 0 Å². The van der Waals surface area contributed by atoms with E-state index in [9.17, 15) is 18.0 Å². The van der Waals surface area contributed by atoms with E-state index in [1.165, 1.54) is 24.3 Å². The van der Waals surface area contributed by atoms with Gasteiger partial charge in [0.15, 0.2) is 0 Å². The van der Waals surface area contributed by atoms with E-state index >= 15 is 0 Å². The summed E-state index contributed by atoms with van der Waals surface area (Å²) in [6.45, 7) is 3.69. The third-order valence-electron chi connectivity index (χ3n) is 4.98. The zero-order chi connectivity index (χ0) is 21.6. The van der Waals surface area contributed by atoms with E-state index in [2.05, 4.69) is 5.32 Å². The fraction of sp³-hybridized carbons (Fsp3) is 0.143. The molecule has 9 heteroatoms. The molecule has 3 N–H and O–H groups in total. The number of sulfonamides is 1. The lowest BCUT2D eigenvalue weighted by atomic mass is 10.0. The number of primary sulfonamides is 1. The number of nitrogens with one attached hydrogen (secondary N) is 1. The molecule has 8 nitrogen and oxygen atoms in total. The van der Waals surface area contributed by atoms with Gasteiger partial charge in [0, 0.05) is 22.5 Å². The number of rotatable bonds is 4. The minimum atomic E-state index is -3.82. The highest BCUT2D eigenvalue weighted by molar-refractivity contribution is 7.89. The number of hydrogen-bond acceptors (Lipinski definition) is 6. The van der Waals surface area contributed by atoms with Crippen molar-refractivity contribution in [3.05, 3.63) is 69.8 Å². The van der Waals surface area contributed by atoms with E-state index < -0.39 is 21.6 Å². The molecule has 1 amide bonds. The molecular formula is C21H18N2O6S. The van der Waals surface area contributed by atoms with Gasteiger partial charge < -0.3 is 14.2 Å². The van der Waals surface area contributed by atoms with E-state index in [0.717, 1.165) is 16.3 Å². The van der Waals surface area contributed by atoms with Crippen LogP contribution in [-0.4, -0.2) is 14.3 Å². The normalized spacial score (nSPS) is 11.8. The maximum atomic E-state index is 12.5. The first kappa shape index (κ1) is 19.9. The van der Waals surface area contributed by atoms with Crippen LogP contribution in [0.4, 0.5) is 5.69 Å². The molecule has 0 fully saturated rings. The number of anilines is 1. The summed E-state index contributed by atoms with van der Waals surface area (Å²) in [6, 6.07) is 8.98. The molecule has 2 heterocycles. The van der Waals surface area contributed by atoms with E-state index in [0.29, 0.717) is 22.4 Å².